The molecule has 1 saturated heterocycles. The molecule has 0 amide bonds. The quantitative estimate of drug-likeness (QED) is 0.848. The van der Waals surface area contributed by atoms with Gasteiger partial charge in [0.25, 0.3) is 0 Å². The Morgan fingerprint density at radius 3 is 2.85 bits per heavy atom. The molecule has 0 spiro atoms. The van der Waals surface area contributed by atoms with Crippen LogP contribution in [0.25, 0.3) is 0 Å². The molecular formula is C14H15N5S. The number of nitriles is 1. The van der Waals surface area contributed by atoms with Gasteiger partial charge in [0.2, 0.25) is 0 Å². The minimum atomic E-state index is 0.494. The molecule has 0 radical (unpaired) electrons. The molecule has 6 heteroatoms. The summed E-state index contributed by atoms with van der Waals surface area (Å²) in [6.45, 7) is 3.79. The summed E-state index contributed by atoms with van der Waals surface area (Å²) in [5.74, 6) is 0.494. The molecule has 0 unspecified atom stereocenters. The molecule has 1 fully saturated rings. The number of aromatic nitrogens is 3. The zero-order valence-electron chi connectivity index (χ0n) is 11.3. The van der Waals surface area contributed by atoms with Crippen molar-refractivity contribution in [1.29, 1.82) is 5.26 Å². The predicted octanol–water partition coefficient (Wildman–Crippen LogP) is 2.50. The maximum atomic E-state index is 9.22. The summed E-state index contributed by atoms with van der Waals surface area (Å²) in [5.41, 5.74) is 2.70. The summed E-state index contributed by atoms with van der Waals surface area (Å²) in [4.78, 5) is 10.6. The summed E-state index contributed by atoms with van der Waals surface area (Å²) in [5, 5.41) is 10.2. The Bertz CT molecular complexity index is 623. The first-order valence-electron chi connectivity index (χ1n) is 6.67. The van der Waals surface area contributed by atoms with Crippen LogP contribution in [0.2, 0.25) is 0 Å². The number of hydrogen-bond acceptors (Lipinski definition) is 6. The van der Waals surface area contributed by atoms with Crippen molar-refractivity contribution in [2.45, 2.75) is 25.7 Å². The van der Waals surface area contributed by atoms with Gasteiger partial charge in [-0.15, -0.1) is 0 Å². The molecule has 0 N–H and O–H groups in total. The van der Waals surface area contributed by atoms with E-state index in [4.69, 9.17) is 0 Å². The number of aryl methyl sites for hydroxylation is 1. The highest BCUT2D eigenvalue weighted by Gasteiger charge is 2.25. The SMILES string of the molecule is Cc1nsc(N2CCC(c3ccncn3)CC2)c1C#N. The van der Waals surface area contributed by atoms with Gasteiger partial charge >= 0.3 is 0 Å². The van der Waals surface area contributed by atoms with Crippen molar-refractivity contribution in [1.82, 2.24) is 14.3 Å². The molecular weight excluding hydrogens is 270 g/mol. The van der Waals surface area contributed by atoms with E-state index in [1.165, 1.54) is 11.5 Å². The third kappa shape index (κ3) is 2.37. The number of nitrogens with zero attached hydrogens (tertiary/aromatic N) is 5. The molecule has 1 aliphatic heterocycles. The topological polar surface area (TPSA) is 65.7 Å². The summed E-state index contributed by atoms with van der Waals surface area (Å²) < 4.78 is 4.30. The lowest BCUT2D eigenvalue weighted by Crippen LogP contribution is -2.33. The van der Waals surface area contributed by atoms with Crippen LogP contribution in [-0.4, -0.2) is 27.4 Å². The van der Waals surface area contributed by atoms with Crippen LogP contribution in [0.5, 0.6) is 0 Å². The number of rotatable bonds is 2. The van der Waals surface area contributed by atoms with E-state index in [0.717, 1.165) is 47.9 Å². The summed E-state index contributed by atoms with van der Waals surface area (Å²) in [6, 6.07) is 4.27. The van der Waals surface area contributed by atoms with Crippen molar-refractivity contribution in [3.63, 3.8) is 0 Å². The highest BCUT2D eigenvalue weighted by Crippen LogP contribution is 2.33. The van der Waals surface area contributed by atoms with E-state index in [-0.39, 0.29) is 0 Å². The van der Waals surface area contributed by atoms with Crippen molar-refractivity contribution >= 4 is 16.5 Å². The first-order valence-corrected chi connectivity index (χ1v) is 7.44. The van der Waals surface area contributed by atoms with Gasteiger partial charge in [-0.3, -0.25) is 0 Å². The predicted molar refractivity (Wildman–Crippen MR) is 77.8 cm³/mol. The minimum absolute atomic E-state index is 0.494. The second-order valence-corrected chi connectivity index (χ2v) is 5.71. The van der Waals surface area contributed by atoms with Crippen molar-refractivity contribution in [2.24, 2.45) is 0 Å². The van der Waals surface area contributed by atoms with Crippen LogP contribution >= 0.6 is 11.5 Å². The van der Waals surface area contributed by atoms with Crippen LogP contribution in [0.3, 0.4) is 0 Å². The van der Waals surface area contributed by atoms with Gasteiger partial charge in [-0.25, -0.2) is 9.97 Å². The third-order valence-electron chi connectivity index (χ3n) is 3.76. The highest BCUT2D eigenvalue weighted by atomic mass is 32.1. The average Bonchev–Trinajstić information content (AvgIpc) is 2.89. The van der Waals surface area contributed by atoms with Gasteiger partial charge in [0, 0.05) is 30.9 Å². The largest absolute Gasteiger partial charge is 0.361 e. The van der Waals surface area contributed by atoms with Crippen LogP contribution in [-0.2, 0) is 0 Å². The van der Waals surface area contributed by atoms with Crippen molar-refractivity contribution < 1.29 is 0 Å². The molecule has 0 aromatic carbocycles. The Morgan fingerprint density at radius 1 is 1.40 bits per heavy atom. The van der Waals surface area contributed by atoms with Gasteiger partial charge in [-0.2, -0.15) is 9.64 Å². The Morgan fingerprint density at radius 2 is 2.20 bits per heavy atom. The number of hydrogen-bond donors (Lipinski definition) is 0. The van der Waals surface area contributed by atoms with Gasteiger partial charge in [-0.1, -0.05) is 0 Å². The molecule has 2 aromatic heterocycles. The molecule has 0 saturated carbocycles. The second-order valence-electron chi connectivity index (χ2n) is 4.96. The van der Waals surface area contributed by atoms with E-state index >= 15 is 0 Å². The van der Waals surface area contributed by atoms with E-state index < -0.39 is 0 Å². The van der Waals surface area contributed by atoms with Gasteiger partial charge in [-0.05, 0) is 37.4 Å². The molecule has 0 atom stereocenters. The molecule has 2 aromatic rings. The fraction of sp³-hybridized carbons (Fsp3) is 0.429. The first kappa shape index (κ1) is 13.0. The lowest BCUT2D eigenvalue weighted by Gasteiger charge is -2.32. The Balaban J connectivity index is 1.71. The summed E-state index contributed by atoms with van der Waals surface area (Å²) >= 11 is 1.43. The van der Waals surface area contributed by atoms with Crippen LogP contribution in [0.4, 0.5) is 5.00 Å². The first-order chi connectivity index (χ1) is 9.79. The lowest BCUT2D eigenvalue weighted by molar-refractivity contribution is 0.497. The molecule has 1 aliphatic rings. The van der Waals surface area contributed by atoms with Crippen molar-refractivity contribution in [3.8, 4) is 6.07 Å². The van der Waals surface area contributed by atoms with Gasteiger partial charge < -0.3 is 4.90 Å². The molecule has 3 rings (SSSR count). The third-order valence-corrected chi connectivity index (χ3v) is 4.76. The van der Waals surface area contributed by atoms with Crippen molar-refractivity contribution in [3.05, 3.63) is 35.5 Å². The summed E-state index contributed by atoms with van der Waals surface area (Å²) in [7, 11) is 0. The fourth-order valence-electron chi connectivity index (χ4n) is 2.62. The molecule has 5 nitrogen and oxygen atoms in total. The van der Waals surface area contributed by atoms with Crippen molar-refractivity contribution in [2.75, 3.05) is 18.0 Å². The molecule has 0 bridgehead atoms. The minimum Gasteiger partial charge on any atom is -0.361 e. The zero-order chi connectivity index (χ0) is 13.9. The van der Waals surface area contributed by atoms with E-state index in [1.807, 2.05) is 13.0 Å². The number of anilines is 1. The Labute approximate surface area is 122 Å². The monoisotopic (exact) mass is 285 g/mol. The van der Waals surface area contributed by atoms with E-state index in [0.29, 0.717) is 5.92 Å². The summed E-state index contributed by atoms with van der Waals surface area (Å²) in [6.07, 6.45) is 5.52. The molecule has 0 aliphatic carbocycles. The Kier molecular flexibility index (Phi) is 3.61. The van der Waals surface area contributed by atoms with E-state index in [1.54, 1.807) is 12.5 Å². The standard InChI is InChI=1S/C14H15N5S/c1-10-12(8-15)14(20-18-10)19-6-3-11(4-7-19)13-2-5-16-9-17-13/h2,5,9,11H,3-4,6-7H2,1H3. The normalized spacial score (nSPS) is 16.1. The highest BCUT2D eigenvalue weighted by molar-refractivity contribution is 7.10. The Hall–Kier alpha value is -2.00. The van der Waals surface area contributed by atoms with Crippen LogP contribution < -0.4 is 4.90 Å². The molecule has 20 heavy (non-hydrogen) atoms. The van der Waals surface area contributed by atoms with E-state index in [9.17, 15) is 5.26 Å². The lowest BCUT2D eigenvalue weighted by atomic mass is 9.93. The molecule has 3 heterocycles. The zero-order valence-corrected chi connectivity index (χ0v) is 12.1. The van der Waals surface area contributed by atoms with Crippen LogP contribution in [0, 0.1) is 18.3 Å². The fourth-order valence-corrected chi connectivity index (χ4v) is 3.52. The van der Waals surface area contributed by atoms with Gasteiger partial charge in [0.1, 0.15) is 23.0 Å². The van der Waals surface area contributed by atoms with Crippen LogP contribution in [0.15, 0.2) is 18.6 Å². The van der Waals surface area contributed by atoms with E-state index in [2.05, 4.69) is 25.3 Å². The maximum absolute atomic E-state index is 9.22. The average molecular weight is 285 g/mol. The van der Waals surface area contributed by atoms with Gasteiger partial charge in [0.15, 0.2) is 0 Å². The van der Waals surface area contributed by atoms with Gasteiger partial charge in [0.05, 0.1) is 5.69 Å². The molecule has 102 valence electrons. The second kappa shape index (κ2) is 5.55. The maximum Gasteiger partial charge on any atom is 0.130 e. The van der Waals surface area contributed by atoms with Crippen LogP contribution in [0.1, 0.15) is 35.7 Å². The smallest absolute Gasteiger partial charge is 0.130 e. The number of piperidine rings is 1.